The van der Waals surface area contributed by atoms with E-state index in [0.717, 1.165) is 23.4 Å². The molecule has 0 aliphatic rings. The molecule has 0 fully saturated rings. The third-order valence-corrected chi connectivity index (χ3v) is 4.15. The molecular weight excluding hydrogens is 300 g/mol. The van der Waals surface area contributed by atoms with Gasteiger partial charge in [0.25, 0.3) is 0 Å². The Morgan fingerprint density at radius 2 is 2.00 bits per heavy atom. The van der Waals surface area contributed by atoms with Crippen LogP contribution >= 0.6 is 0 Å². The maximum absolute atomic E-state index is 12.0. The summed E-state index contributed by atoms with van der Waals surface area (Å²) >= 11 is 0. The minimum Gasteiger partial charge on any atom is -0.356 e. The number of nitrogens with one attached hydrogen (secondary N) is 1. The highest BCUT2D eigenvalue weighted by Gasteiger charge is 2.12. The molecule has 0 saturated carbocycles. The van der Waals surface area contributed by atoms with Crippen molar-refractivity contribution in [3.05, 3.63) is 52.8 Å². The van der Waals surface area contributed by atoms with Gasteiger partial charge in [-0.1, -0.05) is 30.3 Å². The van der Waals surface area contributed by atoms with E-state index in [1.807, 2.05) is 36.7 Å². The lowest BCUT2D eigenvalue weighted by atomic mass is 10.1. The molecule has 1 amide bonds. The first-order valence-electron chi connectivity index (χ1n) is 8.32. The van der Waals surface area contributed by atoms with Crippen LogP contribution in [-0.4, -0.2) is 22.2 Å². The van der Waals surface area contributed by atoms with Gasteiger partial charge in [-0.25, -0.2) is 0 Å². The van der Waals surface area contributed by atoms with Crippen molar-refractivity contribution in [2.45, 2.75) is 46.1 Å². The first kappa shape index (κ1) is 17.7. The molecular formula is C19H24N4O. The molecule has 1 aromatic carbocycles. The fourth-order valence-corrected chi connectivity index (χ4v) is 2.79. The Morgan fingerprint density at radius 1 is 1.25 bits per heavy atom. The summed E-state index contributed by atoms with van der Waals surface area (Å²) in [5, 5.41) is 16.1. The summed E-state index contributed by atoms with van der Waals surface area (Å²) in [6.45, 7) is 5.22. The van der Waals surface area contributed by atoms with Crippen molar-refractivity contribution in [1.29, 1.82) is 5.26 Å². The van der Waals surface area contributed by atoms with Gasteiger partial charge < -0.3 is 5.32 Å². The summed E-state index contributed by atoms with van der Waals surface area (Å²) in [5.41, 5.74) is 4.34. The van der Waals surface area contributed by atoms with Crippen molar-refractivity contribution in [3.8, 4) is 6.07 Å². The second-order valence-electron chi connectivity index (χ2n) is 5.87. The van der Waals surface area contributed by atoms with E-state index in [2.05, 4.69) is 28.6 Å². The van der Waals surface area contributed by atoms with Crippen LogP contribution in [0.5, 0.6) is 0 Å². The van der Waals surface area contributed by atoms with E-state index in [-0.39, 0.29) is 5.91 Å². The summed E-state index contributed by atoms with van der Waals surface area (Å²) in [6, 6.07) is 12.3. The average molecular weight is 324 g/mol. The molecule has 1 aromatic heterocycles. The molecule has 0 unspecified atom stereocenters. The number of nitriles is 1. The SMILES string of the molecule is Cc1nn(CCC#N)c(C)c1CCC(=O)NCCc1ccccc1. The number of hydrogen-bond acceptors (Lipinski definition) is 3. The number of carbonyl (C=O) groups is 1. The largest absolute Gasteiger partial charge is 0.356 e. The van der Waals surface area contributed by atoms with Gasteiger partial charge >= 0.3 is 0 Å². The van der Waals surface area contributed by atoms with E-state index < -0.39 is 0 Å². The molecule has 5 nitrogen and oxygen atoms in total. The number of benzene rings is 1. The van der Waals surface area contributed by atoms with Crippen molar-refractivity contribution in [2.75, 3.05) is 6.54 Å². The van der Waals surface area contributed by atoms with Gasteiger partial charge in [0, 0.05) is 18.7 Å². The molecule has 1 N–H and O–H groups in total. The Labute approximate surface area is 143 Å². The highest BCUT2D eigenvalue weighted by Crippen LogP contribution is 2.15. The molecule has 2 aromatic rings. The quantitative estimate of drug-likeness (QED) is 0.811. The molecule has 0 saturated heterocycles. The molecule has 0 aliphatic heterocycles. The normalized spacial score (nSPS) is 10.4. The molecule has 0 spiro atoms. The Bertz CT molecular complexity index is 713. The minimum atomic E-state index is 0.0644. The lowest BCUT2D eigenvalue weighted by Gasteiger charge is -2.06. The van der Waals surface area contributed by atoms with Crippen molar-refractivity contribution < 1.29 is 4.79 Å². The van der Waals surface area contributed by atoms with Crippen LogP contribution in [-0.2, 0) is 24.2 Å². The fourth-order valence-electron chi connectivity index (χ4n) is 2.79. The van der Waals surface area contributed by atoms with Crippen LogP contribution in [0.25, 0.3) is 0 Å². The maximum Gasteiger partial charge on any atom is 0.220 e. The van der Waals surface area contributed by atoms with E-state index in [1.165, 1.54) is 5.56 Å². The summed E-state index contributed by atoms with van der Waals surface area (Å²) in [4.78, 5) is 12.0. The van der Waals surface area contributed by atoms with Gasteiger partial charge in [-0.3, -0.25) is 9.48 Å². The number of amides is 1. The zero-order chi connectivity index (χ0) is 17.4. The zero-order valence-corrected chi connectivity index (χ0v) is 14.4. The van der Waals surface area contributed by atoms with Gasteiger partial charge in [0.2, 0.25) is 5.91 Å². The van der Waals surface area contributed by atoms with Crippen LogP contribution in [0.15, 0.2) is 30.3 Å². The maximum atomic E-state index is 12.0. The van der Waals surface area contributed by atoms with Crippen LogP contribution in [0.1, 0.15) is 35.4 Å². The van der Waals surface area contributed by atoms with Crippen molar-refractivity contribution in [2.24, 2.45) is 0 Å². The Hall–Kier alpha value is -2.61. The van der Waals surface area contributed by atoms with E-state index in [1.54, 1.807) is 0 Å². The highest BCUT2D eigenvalue weighted by atomic mass is 16.1. The van der Waals surface area contributed by atoms with Gasteiger partial charge in [0.15, 0.2) is 0 Å². The predicted octanol–water partition coefficient (Wildman–Crippen LogP) is 2.71. The summed E-state index contributed by atoms with van der Waals surface area (Å²) < 4.78 is 1.86. The average Bonchev–Trinajstić information content (AvgIpc) is 2.85. The minimum absolute atomic E-state index is 0.0644. The summed E-state index contributed by atoms with van der Waals surface area (Å²) in [5.74, 6) is 0.0644. The second kappa shape index (κ2) is 8.88. The summed E-state index contributed by atoms with van der Waals surface area (Å²) in [6.07, 6.45) is 2.43. The smallest absolute Gasteiger partial charge is 0.220 e. The Kier molecular flexibility index (Phi) is 6.56. The number of carbonyl (C=O) groups excluding carboxylic acids is 1. The number of nitrogens with zero attached hydrogens (tertiary/aromatic N) is 3. The molecule has 0 atom stereocenters. The second-order valence-corrected chi connectivity index (χ2v) is 5.87. The van der Waals surface area contributed by atoms with Crippen molar-refractivity contribution in [3.63, 3.8) is 0 Å². The van der Waals surface area contributed by atoms with E-state index in [0.29, 0.717) is 32.4 Å². The number of rotatable bonds is 8. The van der Waals surface area contributed by atoms with Crippen molar-refractivity contribution >= 4 is 5.91 Å². The van der Waals surface area contributed by atoms with Gasteiger partial charge in [0.1, 0.15) is 0 Å². The highest BCUT2D eigenvalue weighted by molar-refractivity contribution is 5.76. The zero-order valence-electron chi connectivity index (χ0n) is 14.4. The van der Waals surface area contributed by atoms with E-state index in [9.17, 15) is 4.79 Å². The monoisotopic (exact) mass is 324 g/mol. The first-order valence-corrected chi connectivity index (χ1v) is 8.32. The third-order valence-electron chi connectivity index (χ3n) is 4.15. The van der Waals surface area contributed by atoms with E-state index >= 15 is 0 Å². The van der Waals surface area contributed by atoms with Gasteiger partial charge in [-0.15, -0.1) is 0 Å². The molecule has 0 radical (unpaired) electrons. The summed E-state index contributed by atoms with van der Waals surface area (Å²) in [7, 11) is 0. The van der Waals surface area contributed by atoms with E-state index in [4.69, 9.17) is 5.26 Å². The van der Waals surface area contributed by atoms with Crippen molar-refractivity contribution in [1.82, 2.24) is 15.1 Å². The lowest BCUT2D eigenvalue weighted by Crippen LogP contribution is -2.26. The number of aromatic nitrogens is 2. The molecule has 126 valence electrons. The molecule has 24 heavy (non-hydrogen) atoms. The van der Waals surface area contributed by atoms with Gasteiger partial charge in [-0.2, -0.15) is 10.4 Å². The topological polar surface area (TPSA) is 70.7 Å². The number of aryl methyl sites for hydroxylation is 2. The Balaban J connectivity index is 1.79. The Morgan fingerprint density at radius 3 is 2.71 bits per heavy atom. The van der Waals surface area contributed by atoms with Crippen LogP contribution in [0.3, 0.4) is 0 Å². The molecule has 0 bridgehead atoms. The van der Waals surface area contributed by atoms with Crippen LogP contribution in [0.4, 0.5) is 0 Å². The first-order chi connectivity index (χ1) is 11.6. The van der Waals surface area contributed by atoms with Gasteiger partial charge in [-0.05, 0) is 37.8 Å². The lowest BCUT2D eigenvalue weighted by molar-refractivity contribution is -0.121. The van der Waals surface area contributed by atoms with Gasteiger partial charge in [0.05, 0.1) is 24.7 Å². The van der Waals surface area contributed by atoms with Crippen LogP contribution < -0.4 is 5.32 Å². The fraction of sp³-hybridized carbons (Fsp3) is 0.421. The standard InChI is InChI=1S/C19H24N4O/c1-15-18(16(2)23(22-15)14-6-12-20)9-10-19(24)21-13-11-17-7-4-3-5-8-17/h3-5,7-8H,6,9-11,13-14H2,1-2H3,(H,21,24). The molecule has 1 heterocycles. The number of hydrogen-bond donors (Lipinski definition) is 1. The molecule has 0 aliphatic carbocycles. The molecule has 2 rings (SSSR count). The molecule has 5 heteroatoms. The van der Waals surface area contributed by atoms with Crippen LogP contribution in [0, 0.1) is 25.2 Å². The van der Waals surface area contributed by atoms with Crippen LogP contribution in [0.2, 0.25) is 0 Å². The third kappa shape index (κ3) is 4.95. The predicted molar refractivity (Wildman–Crippen MR) is 93.4 cm³/mol.